The van der Waals surface area contributed by atoms with Gasteiger partial charge in [0, 0.05) is 28.1 Å². The fourth-order valence-electron chi connectivity index (χ4n) is 1.94. The van der Waals surface area contributed by atoms with Gasteiger partial charge in [-0.3, -0.25) is 4.21 Å². The predicted molar refractivity (Wildman–Crippen MR) is 81.3 cm³/mol. The zero-order valence-corrected chi connectivity index (χ0v) is 12.4. The van der Waals surface area contributed by atoms with E-state index in [2.05, 4.69) is 0 Å². The summed E-state index contributed by atoms with van der Waals surface area (Å²) in [5.41, 5.74) is 7.73. The molecule has 0 aliphatic rings. The second kappa shape index (κ2) is 6.97. The van der Waals surface area contributed by atoms with Gasteiger partial charge < -0.3 is 5.73 Å². The van der Waals surface area contributed by atoms with Crippen LogP contribution >= 0.6 is 11.6 Å². The zero-order valence-electron chi connectivity index (χ0n) is 10.8. The normalized spacial score (nSPS) is 12.3. The van der Waals surface area contributed by atoms with Crippen molar-refractivity contribution in [1.82, 2.24) is 0 Å². The van der Waals surface area contributed by atoms with Crippen LogP contribution in [0.25, 0.3) is 0 Å². The summed E-state index contributed by atoms with van der Waals surface area (Å²) in [6.07, 6.45) is 0. The van der Waals surface area contributed by atoms with Gasteiger partial charge in [-0.2, -0.15) is 0 Å². The van der Waals surface area contributed by atoms with Crippen molar-refractivity contribution in [3.05, 3.63) is 70.0 Å². The molecule has 1 atom stereocenters. The van der Waals surface area contributed by atoms with Gasteiger partial charge in [0.25, 0.3) is 0 Å². The van der Waals surface area contributed by atoms with Crippen LogP contribution in [-0.4, -0.2) is 4.21 Å². The number of hydrogen-bond acceptors (Lipinski definition) is 2. The third-order valence-corrected chi connectivity index (χ3v) is 4.51. The number of halogens is 2. The zero-order chi connectivity index (χ0) is 14.5. The molecule has 0 aromatic heterocycles. The molecule has 2 N–H and O–H groups in total. The first-order valence-electron chi connectivity index (χ1n) is 6.15. The Kier molecular flexibility index (Phi) is 5.29. The standard InChI is InChI=1S/C15H15ClFNOS/c16-15-4-2-1-3-13(15)10-20(19)9-12-5-11(8-18)6-14(17)7-12/h1-7H,8-10,18H2. The van der Waals surface area contributed by atoms with Crippen LogP contribution in [0.4, 0.5) is 4.39 Å². The molecule has 5 heteroatoms. The van der Waals surface area contributed by atoms with Crippen LogP contribution in [-0.2, 0) is 28.9 Å². The minimum atomic E-state index is -1.14. The molecule has 20 heavy (non-hydrogen) atoms. The molecule has 0 radical (unpaired) electrons. The van der Waals surface area contributed by atoms with E-state index >= 15 is 0 Å². The molecule has 2 aromatic rings. The SMILES string of the molecule is NCc1cc(F)cc(CS(=O)Cc2ccccc2Cl)c1. The average Bonchev–Trinajstić information content (AvgIpc) is 2.40. The Labute approximate surface area is 125 Å². The molecular formula is C15H15ClFNOS. The fraction of sp³-hybridized carbons (Fsp3) is 0.200. The summed E-state index contributed by atoms with van der Waals surface area (Å²) in [5, 5.41) is 0.600. The Morgan fingerprint density at radius 2 is 1.80 bits per heavy atom. The summed E-state index contributed by atoms with van der Waals surface area (Å²) >= 11 is 6.03. The molecule has 1 unspecified atom stereocenters. The molecule has 0 aliphatic heterocycles. The third-order valence-electron chi connectivity index (χ3n) is 2.86. The number of rotatable bonds is 5. The molecule has 0 heterocycles. The Morgan fingerprint density at radius 1 is 1.10 bits per heavy atom. The summed E-state index contributed by atoms with van der Waals surface area (Å²) < 4.78 is 25.5. The Hall–Kier alpha value is -1.23. The van der Waals surface area contributed by atoms with Gasteiger partial charge in [-0.05, 0) is 34.9 Å². The van der Waals surface area contributed by atoms with Gasteiger partial charge in [0.2, 0.25) is 0 Å². The molecule has 0 fully saturated rings. The molecule has 2 nitrogen and oxygen atoms in total. The Bertz CT molecular complexity index is 633. The largest absolute Gasteiger partial charge is 0.326 e. The first-order chi connectivity index (χ1) is 9.58. The highest BCUT2D eigenvalue weighted by atomic mass is 35.5. The van der Waals surface area contributed by atoms with Crippen LogP contribution in [0, 0.1) is 5.82 Å². The summed E-state index contributed by atoms with van der Waals surface area (Å²) in [5.74, 6) is 0.294. The lowest BCUT2D eigenvalue weighted by Crippen LogP contribution is -2.03. The summed E-state index contributed by atoms with van der Waals surface area (Å²) in [6, 6.07) is 11.9. The molecule has 0 aliphatic carbocycles. The van der Waals surface area contributed by atoms with E-state index in [0.29, 0.717) is 21.9 Å². The molecule has 0 spiro atoms. The second-order valence-electron chi connectivity index (χ2n) is 4.49. The van der Waals surface area contributed by atoms with Crippen molar-refractivity contribution in [2.45, 2.75) is 18.1 Å². The maximum atomic E-state index is 13.4. The van der Waals surface area contributed by atoms with Gasteiger partial charge in [-0.1, -0.05) is 35.9 Å². The quantitative estimate of drug-likeness (QED) is 0.920. The molecular weight excluding hydrogens is 297 g/mol. The highest BCUT2D eigenvalue weighted by Gasteiger charge is 2.08. The van der Waals surface area contributed by atoms with E-state index < -0.39 is 10.8 Å². The molecule has 2 aromatic carbocycles. The smallest absolute Gasteiger partial charge is 0.123 e. The van der Waals surface area contributed by atoms with E-state index in [9.17, 15) is 8.60 Å². The van der Waals surface area contributed by atoms with Gasteiger partial charge >= 0.3 is 0 Å². The Morgan fingerprint density at radius 3 is 2.50 bits per heavy atom. The number of benzene rings is 2. The third kappa shape index (κ3) is 4.13. The van der Waals surface area contributed by atoms with E-state index in [1.807, 2.05) is 18.2 Å². The molecule has 0 amide bonds. The van der Waals surface area contributed by atoms with Gasteiger partial charge in [0.05, 0.1) is 5.75 Å². The van der Waals surface area contributed by atoms with Crippen LogP contribution < -0.4 is 5.73 Å². The van der Waals surface area contributed by atoms with E-state index in [0.717, 1.165) is 5.56 Å². The van der Waals surface area contributed by atoms with E-state index in [4.69, 9.17) is 17.3 Å². The summed E-state index contributed by atoms with van der Waals surface area (Å²) in [6.45, 7) is 0.266. The molecule has 106 valence electrons. The fourth-order valence-corrected chi connectivity index (χ4v) is 3.47. The van der Waals surface area contributed by atoms with Crippen LogP contribution in [0.15, 0.2) is 42.5 Å². The van der Waals surface area contributed by atoms with Gasteiger partial charge in [0.15, 0.2) is 0 Å². The van der Waals surface area contributed by atoms with Crippen molar-refractivity contribution < 1.29 is 8.60 Å². The van der Waals surface area contributed by atoms with Crippen LogP contribution in [0.1, 0.15) is 16.7 Å². The first kappa shape index (κ1) is 15.2. The van der Waals surface area contributed by atoms with Crippen LogP contribution in [0.3, 0.4) is 0 Å². The predicted octanol–water partition coefficient (Wildman–Crippen LogP) is 3.39. The molecule has 0 bridgehead atoms. The molecule has 0 saturated carbocycles. The highest BCUT2D eigenvalue weighted by Crippen LogP contribution is 2.18. The van der Waals surface area contributed by atoms with E-state index in [1.54, 1.807) is 12.1 Å². The van der Waals surface area contributed by atoms with Gasteiger partial charge in [-0.15, -0.1) is 0 Å². The minimum Gasteiger partial charge on any atom is -0.326 e. The highest BCUT2D eigenvalue weighted by molar-refractivity contribution is 7.83. The van der Waals surface area contributed by atoms with E-state index in [1.165, 1.54) is 12.1 Å². The van der Waals surface area contributed by atoms with Crippen LogP contribution in [0.2, 0.25) is 5.02 Å². The van der Waals surface area contributed by atoms with Crippen molar-refractivity contribution in [1.29, 1.82) is 0 Å². The van der Waals surface area contributed by atoms with Crippen molar-refractivity contribution in [2.75, 3.05) is 0 Å². The average molecular weight is 312 g/mol. The van der Waals surface area contributed by atoms with Crippen molar-refractivity contribution in [3.8, 4) is 0 Å². The Balaban J connectivity index is 2.08. The van der Waals surface area contributed by atoms with E-state index in [-0.39, 0.29) is 18.1 Å². The summed E-state index contributed by atoms with van der Waals surface area (Å²) in [4.78, 5) is 0. The second-order valence-corrected chi connectivity index (χ2v) is 6.36. The number of hydrogen-bond donors (Lipinski definition) is 1. The monoisotopic (exact) mass is 311 g/mol. The summed E-state index contributed by atoms with van der Waals surface area (Å²) in [7, 11) is -1.14. The maximum absolute atomic E-state index is 13.4. The van der Waals surface area contributed by atoms with Crippen molar-refractivity contribution >= 4 is 22.4 Å². The minimum absolute atomic E-state index is 0.266. The van der Waals surface area contributed by atoms with Crippen molar-refractivity contribution in [2.24, 2.45) is 5.73 Å². The lowest BCUT2D eigenvalue weighted by atomic mass is 10.1. The van der Waals surface area contributed by atoms with Crippen molar-refractivity contribution in [3.63, 3.8) is 0 Å². The number of nitrogens with two attached hydrogens (primary N) is 1. The maximum Gasteiger partial charge on any atom is 0.123 e. The molecule has 2 rings (SSSR count). The molecule has 0 saturated heterocycles. The lowest BCUT2D eigenvalue weighted by Gasteiger charge is -2.07. The first-order valence-corrected chi connectivity index (χ1v) is 8.02. The topological polar surface area (TPSA) is 43.1 Å². The van der Waals surface area contributed by atoms with Gasteiger partial charge in [0.1, 0.15) is 5.82 Å². The van der Waals surface area contributed by atoms with Gasteiger partial charge in [-0.25, -0.2) is 4.39 Å². The lowest BCUT2D eigenvalue weighted by molar-refractivity contribution is 0.623. The van der Waals surface area contributed by atoms with Crippen LogP contribution in [0.5, 0.6) is 0 Å².